The number of fused-ring (bicyclic) bond motifs is 2. The minimum Gasteiger partial charge on any atom is -0.466 e. The number of hydrogen-bond acceptors (Lipinski definition) is 10. The molecule has 11 heteroatoms. The normalized spacial score (nSPS) is 18.2. The average molecular weight is 502 g/mol. The van der Waals surface area contributed by atoms with Gasteiger partial charge in [0.05, 0.1) is 35.3 Å². The largest absolute Gasteiger partial charge is 0.466 e. The molecule has 3 aromatic rings. The quantitative estimate of drug-likeness (QED) is 0.409. The smallest absolute Gasteiger partial charge is 0.338 e. The van der Waals surface area contributed by atoms with Gasteiger partial charge in [-0.05, 0) is 54.8 Å². The van der Waals surface area contributed by atoms with Crippen LogP contribution in [0.15, 0.2) is 69.6 Å². The second-order valence-corrected chi connectivity index (χ2v) is 8.64. The molecule has 3 heterocycles. The Balaban J connectivity index is 1.54. The number of hydrogen-bond donors (Lipinski definition) is 1. The van der Waals surface area contributed by atoms with E-state index >= 15 is 0 Å². The van der Waals surface area contributed by atoms with E-state index in [-0.39, 0.29) is 22.3 Å². The zero-order valence-corrected chi connectivity index (χ0v) is 20.4. The lowest BCUT2D eigenvalue weighted by atomic mass is 9.80. The molecular formula is C26H22N4O7. The molecule has 1 N–H and O–H groups in total. The summed E-state index contributed by atoms with van der Waals surface area (Å²) >= 11 is 0. The molecule has 5 rings (SSSR count). The number of dihydropyridines is 1. The highest BCUT2D eigenvalue weighted by Crippen LogP contribution is 2.41. The zero-order chi connectivity index (χ0) is 26.4. The van der Waals surface area contributed by atoms with E-state index in [1.165, 1.54) is 14.0 Å². The van der Waals surface area contributed by atoms with E-state index in [2.05, 4.69) is 15.6 Å². The number of methoxy groups -OCH3 is 1. The molecule has 37 heavy (non-hydrogen) atoms. The maximum atomic E-state index is 13.7. The lowest BCUT2D eigenvalue weighted by molar-refractivity contribution is -0.148. The van der Waals surface area contributed by atoms with Crippen LogP contribution in [-0.2, 0) is 19.1 Å². The first kappa shape index (κ1) is 23.9. The number of imide groups is 1. The van der Waals surface area contributed by atoms with Crippen LogP contribution in [-0.4, -0.2) is 52.3 Å². The Labute approximate surface area is 210 Å². The van der Waals surface area contributed by atoms with Crippen molar-refractivity contribution in [3.8, 4) is 0 Å². The van der Waals surface area contributed by atoms with Crippen LogP contribution < -0.4 is 5.32 Å². The number of nitrogens with zero attached hydrogens (tertiary/aromatic N) is 3. The second kappa shape index (κ2) is 9.01. The van der Waals surface area contributed by atoms with Crippen molar-refractivity contribution in [3.05, 3.63) is 81.7 Å². The Morgan fingerprint density at radius 2 is 1.57 bits per heavy atom. The molecule has 2 unspecified atom stereocenters. The molecule has 0 spiro atoms. The van der Waals surface area contributed by atoms with Crippen LogP contribution in [0.3, 0.4) is 0 Å². The van der Waals surface area contributed by atoms with Crippen molar-refractivity contribution in [3.63, 3.8) is 0 Å². The molecule has 0 fully saturated rings. The predicted molar refractivity (Wildman–Crippen MR) is 128 cm³/mol. The van der Waals surface area contributed by atoms with E-state index < -0.39 is 35.9 Å². The fourth-order valence-electron chi connectivity index (χ4n) is 4.83. The van der Waals surface area contributed by atoms with E-state index in [0.717, 1.165) is 4.90 Å². The van der Waals surface area contributed by atoms with Crippen LogP contribution in [0.1, 0.15) is 53.0 Å². The maximum Gasteiger partial charge on any atom is 0.338 e. The van der Waals surface area contributed by atoms with E-state index in [1.54, 1.807) is 56.3 Å². The number of allylic oxidation sites excluding steroid dienone is 2. The summed E-state index contributed by atoms with van der Waals surface area (Å²) in [6.45, 7) is 4.79. The molecule has 0 saturated carbocycles. The van der Waals surface area contributed by atoms with Crippen molar-refractivity contribution in [2.75, 3.05) is 7.11 Å². The van der Waals surface area contributed by atoms with E-state index in [0.29, 0.717) is 28.0 Å². The lowest BCUT2D eigenvalue weighted by Crippen LogP contribution is -2.42. The van der Waals surface area contributed by atoms with Crippen LogP contribution in [0.5, 0.6) is 0 Å². The number of nitrogens with one attached hydrogen (secondary N) is 1. The van der Waals surface area contributed by atoms with Gasteiger partial charge in [-0.1, -0.05) is 24.3 Å². The number of carbonyl (C=O) groups is 4. The van der Waals surface area contributed by atoms with Crippen molar-refractivity contribution in [1.82, 2.24) is 20.5 Å². The number of aromatic nitrogens is 2. The van der Waals surface area contributed by atoms with Gasteiger partial charge >= 0.3 is 11.9 Å². The van der Waals surface area contributed by atoms with Gasteiger partial charge < -0.3 is 14.8 Å². The minimum absolute atomic E-state index is 0.0879. The first-order chi connectivity index (χ1) is 17.7. The minimum atomic E-state index is -1.22. The zero-order valence-electron chi connectivity index (χ0n) is 20.4. The van der Waals surface area contributed by atoms with E-state index in [1.807, 2.05) is 0 Å². The van der Waals surface area contributed by atoms with Crippen molar-refractivity contribution < 1.29 is 33.3 Å². The van der Waals surface area contributed by atoms with Crippen molar-refractivity contribution in [2.24, 2.45) is 0 Å². The monoisotopic (exact) mass is 502 g/mol. The molecule has 0 saturated heterocycles. The van der Waals surface area contributed by atoms with Crippen molar-refractivity contribution in [1.29, 1.82) is 0 Å². The number of amides is 2. The first-order valence-electron chi connectivity index (χ1n) is 11.4. The van der Waals surface area contributed by atoms with Crippen LogP contribution >= 0.6 is 0 Å². The lowest BCUT2D eigenvalue weighted by Gasteiger charge is -2.31. The highest BCUT2D eigenvalue weighted by molar-refractivity contribution is 6.21. The van der Waals surface area contributed by atoms with Gasteiger partial charge in [0.15, 0.2) is 6.23 Å². The van der Waals surface area contributed by atoms with Gasteiger partial charge in [-0.25, -0.2) is 19.1 Å². The number of ether oxygens (including phenoxy) is 2. The third kappa shape index (κ3) is 3.75. The summed E-state index contributed by atoms with van der Waals surface area (Å²) in [6, 6.07) is 11.5. The summed E-state index contributed by atoms with van der Waals surface area (Å²) in [4.78, 5) is 53.3. The molecule has 0 aliphatic carbocycles. The SMILES string of the molecule is COC(=O)C1=C(C)NC(C)=C(C(=O)OC(C)N2C(=O)c3ccccc3C2=O)C1c1cccc2nonc12. The Bertz CT molecular complexity index is 1520. The van der Waals surface area contributed by atoms with Crippen LogP contribution in [0.2, 0.25) is 0 Å². The molecule has 2 atom stereocenters. The van der Waals surface area contributed by atoms with Gasteiger partial charge in [-0.2, -0.15) is 0 Å². The first-order valence-corrected chi connectivity index (χ1v) is 11.4. The third-order valence-corrected chi connectivity index (χ3v) is 6.48. The second-order valence-electron chi connectivity index (χ2n) is 8.64. The van der Waals surface area contributed by atoms with E-state index in [4.69, 9.17) is 14.1 Å². The molecule has 2 aliphatic rings. The summed E-state index contributed by atoms with van der Waals surface area (Å²) in [5.41, 5.74) is 2.89. The van der Waals surface area contributed by atoms with Gasteiger partial charge in [0.25, 0.3) is 11.8 Å². The summed E-state index contributed by atoms with van der Waals surface area (Å²) in [7, 11) is 1.24. The summed E-state index contributed by atoms with van der Waals surface area (Å²) in [5.74, 6) is -3.56. The maximum absolute atomic E-state index is 13.7. The molecule has 0 bridgehead atoms. The number of rotatable bonds is 5. The Kier molecular flexibility index (Phi) is 5.82. The summed E-state index contributed by atoms with van der Waals surface area (Å²) in [5, 5.41) is 10.9. The Morgan fingerprint density at radius 3 is 2.19 bits per heavy atom. The highest BCUT2D eigenvalue weighted by Gasteiger charge is 2.43. The number of carbonyl (C=O) groups excluding carboxylic acids is 4. The fourth-order valence-corrected chi connectivity index (χ4v) is 4.83. The molecule has 188 valence electrons. The van der Waals surface area contributed by atoms with Gasteiger partial charge in [-0.3, -0.25) is 9.59 Å². The fraction of sp³-hybridized carbons (Fsp3) is 0.231. The van der Waals surface area contributed by atoms with Crippen LogP contribution in [0.4, 0.5) is 0 Å². The van der Waals surface area contributed by atoms with Crippen LogP contribution in [0, 0.1) is 0 Å². The van der Waals surface area contributed by atoms with Crippen molar-refractivity contribution >= 4 is 34.8 Å². The molecule has 0 radical (unpaired) electrons. The average Bonchev–Trinajstić information content (AvgIpc) is 3.46. The number of benzene rings is 2. The summed E-state index contributed by atoms with van der Waals surface area (Å²) < 4.78 is 15.6. The van der Waals surface area contributed by atoms with Gasteiger partial charge in [0.1, 0.15) is 11.0 Å². The topological polar surface area (TPSA) is 141 Å². The standard InChI is InChI=1S/C26H22N4O7/c1-12-19(25(33)35-4)21(17-10-7-11-18-22(17)29-37-28-18)20(13(2)27-12)26(34)36-14(3)30-23(31)15-8-5-6-9-16(15)24(30)32/h5-11,14,21,27H,1-4H3. The molecule has 2 aromatic carbocycles. The number of esters is 2. The van der Waals surface area contributed by atoms with Gasteiger partial charge in [0.2, 0.25) is 0 Å². The van der Waals surface area contributed by atoms with E-state index in [9.17, 15) is 19.2 Å². The van der Waals surface area contributed by atoms with Gasteiger partial charge in [-0.15, -0.1) is 0 Å². The molecular weight excluding hydrogens is 480 g/mol. The third-order valence-electron chi connectivity index (χ3n) is 6.48. The molecule has 11 nitrogen and oxygen atoms in total. The van der Waals surface area contributed by atoms with Crippen LogP contribution in [0.25, 0.3) is 11.0 Å². The molecule has 2 amide bonds. The van der Waals surface area contributed by atoms with Crippen molar-refractivity contribution in [2.45, 2.75) is 32.9 Å². The highest BCUT2D eigenvalue weighted by atomic mass is 16.6. The molecule has 2 aliphatic heterocycles. The Morgan fingerprint density at radius 1 is 0.946 bits per heavy atom. The van der Waals surface area contributed by atoms with Gasteiger partial charge in [0, 0.05) is 11.4 Å². The molecule has 1 aromatic heterocycles. The predicted octanol–water partition coefficient (Wildman–Crippen LogP) is 2.82. The Hall–Kier alpha value is -4.80. The summed E-state index contributed by atoms with van der Waals surface area (Å²) in [6.07, 6.45) is -1.22.